The third-order valence-electron chi connectivity index (χ3n) is 5.40. The van der Waals surface area contributed by atoms with E-state index in [0.717, 1.165) is 20.9 Å². The van der Waals surface area contributed by atoms with E-state index in [1.165, 1.54) is 0 Å². The van der Waals surface area contributed by atoms with E-state index < -0.39 is 5.60 Å². The number of ketones is 1. The number of halogens is 1. The van der Waals surface area contributed by atoms with Crippen LogP contribution < -0.4 is 0 Å². The number of fused-ring (bicyclic) bond motifs is 1. The number of H-pyrrole nitrogens is 1. The van der Waals surface area contributed by atoms with Crippen molar-refractivity contribution in [2.45, 2.75) is 18.4 Å². The van der Waals surface area contributed by atoms with Crippen LogP contribution in [0.4, 0.5) is 0 Å². The molecule has 4 rings (SSSR count). The molecule has 2 aromatic carbocycles. The highest BCUT2D eigenvalue weighted by Gasteiger charge is 2.34. The Morgan fingerprint density at radius 2 is 1.85 bits per heavy atom. The first-order valence-electron chi connectivity index (χ1n) is 8.99. The number of aromatic amines is 1. The van der Waals surface area contributed by atoms with Crippen LogP contribution in [0.3, 0.4) is 0 Å². The molecule has 3 N–H and O–H groups in total. The normalized spacial score (nSPS) is 17.3. The fourth-order valence-electron chi connectivity index (χ4n) is 3.76. The van der Waals surface area contributed by atoms with Crippen molar-refractivity contribution in [3.05, 3.63) is 64.3 Å². The Balaban J connectivity index is 1.43. The summed E-state index contributed by atoms with van der Waals surface area (Å²) in [6.07, 6.45) is 2.89. The maximum Gasteiger partial charge on any atom is 0.178 e. The van der Waals surface area contributed by atoms with Crippen molar-refractivity contribution in [2.75, 3.05) is 19.6 Å². The Labute approximate surface area is 165 Å². The van der Waals surface area contributed by atoms with E-state index in [2.05, 4.69) is 25.8 Å². The van der Waals surface area contributed by atoms with E-state index in [0.29, 0.717) is 38.0 Å². The molecule has 1 aromatic heterocycles. The number of carbonyl (C=O) groups is 1. The number of Topliss-reactive ketones (excluding diaryl/α,β-unsaturated/α-hetero) is 1. The molecule has 6 heteroatoms. The predicted octanol–water partition coefficient (Wildman–Crippen LogP) is 3.80. The smallest absolute Gasteiger partial charge is 0.178 e. The second-order valence-electron chi connectivity index (χ2n) is 7.17. The van der Waals surface area contributed by atoms with E-state index in [1.54, 1.807) is 24.4 Å². The number of phenols is 1. The predicted molar refractivity (Wildman–Crippen MR) is 108 cm³/mol. The second-order valence-corrected chi connectivity index (χ2v) is 8.09. The molecule has 1 aliphatic heterocycles. The molecule has 1 aliphatic rings. The van der Waals surface area contributed by atoms with Crippen molar-refractivity contribution in [3.8, 4) is 5.75 Å². The highest BCUT2D eigenvalue weighted by atomic mass is 79.9. The number of piperidine rings is 1. The maximum atomic E-state index is 12.8. The number of hydrogen-bond acceptors (Lipinski definition) is 4. The van der Waals surface area contributed by atoms with Crippen LogP contribution in [0.5, 0.6) is 5.75 Å². The minimum absolute atomic E-state index is 0.0148. The summed E-state index contributed by atoms with van der Waals surface area (Å²) in [5.41, 5.74) is 1.50. The third-order valence-corrected chi connectivity index (χ3v) is 5.93. The van der Waals surface area contributed by atoms with Crippen molar-refractivity contribution in [3.63, 3.8) is 0 Å². The Morgan fingerprint density at radius 3 is 2.56 bits per heavy atom. The van der Waals surface area contributed by atoms with Crippen molar-refractivity contribution in [2.24, 2.45) is 0 Å². The number of phenolic OH excluding ortho intramolecular Hbond substituents is 1. The van der Waals surface area contributed by atoms with Gasteiger partial charge in [-0.3, -0.25) is 9.69 Å². The van der Waals surface area contributed by atoms with Crippen LogP contribution >= 0.6 is 15.9 Å². The minimum atomic E-state index is -0.840. The molecule has 2 heterocycles. The lowest BCUT2D eigenvalue weighted by molar-refractivity contribution is -0.0245. The van der Waals surface area contributed by atoms with Gasteiger partial charge >= 0.3 is 0 Å². The Bertz CT molecular complexity index is 973. The molecule has 5 nitrogen and oxygen atoms in total. The van der Waals surface area contributed by atoms with Gasteiger partial charge in [-0.15, -0.1) is 0 Å². The summed E-state index contributed by atoms with van der Waals surface area (Å²) in [5, 5.41) is 21.4. The number of rotatable bonds is 4. The highest BCUT2D eigenvalue weighted by Crippen LogP contribution is 2.33. The number of nitrogens with one attached hydrogen (secondary N) is 1. The molecule has 1 fully saturated rings. The van der Waals surface area contributed by atoms with Crippen LogP contribution in [0.2, 0.25) is 0 Å². The minimum Gasteiger partial charge on any atom is -0.508 e. The van der Waals surface area contributed by atoms with Gasteiger partial charge in [-0.2, -0.15) is 0 Å². The van der Waals surface area contributed by atoms with Gasteiger partial charge in [-0.25, -0.2) is 0 Å². The van der Waals surface area contributed by atoms with Crippen molar-refractivity contribution in [1.82, 2.24) is 9.88 Å². The van der Waals surface area contributed by atoms with Gasteiger partial charge in [0.15, 0.2) is 5.78 Å². The van der Waals surface area contributed by atoms with Crippen molar-refractivity contribution in [1.29, 1.82) is 0 Å². The van der Waals surface area contributed by atoms with E-state index in [1.807, 2.05) is 24.3 Å². The zero-order chi connectivity index (χ0) is 19.0. The van der Waals surface area contributed by atoms with E-state index in [4.69, 9.17) is 0 Å². The van der Waals surface area contributed by atoms with Crippen LogP contribution in [-0.4, -0.2) is 45.5 Å². The lowest BCUT2D eigenvalue weighted by atomic mass is 9.84. The lowest BCUT2D eigenvalue weighted by Crippen LogP contribution is -2.44. The average Bonchev–Trinajstić information content (AvgIpc) is 3.07. The number of benzene rings is 2. The molecule has 140 valence electrons. The fraction of sp³-hybridized carbons (Fsp3) is 0.286. The average molecular weight is 429 g/mol. The molecular weight excluding hydrogens is 408 g/mol. The molecule has 0 bridgehead atoms. The third kappa shape index (κ3) is 3.65. The molecule has 0 atom stereocenters. The van der Waals surface area contributed by atoms with Gasteiger partial charge < -0.3 is 15.2 Å². The molecule has 3 aromatic rings. The SMILES string of the molecule is O=C(CN1CCC(O)(c2ccc(Br)cc2)CC1)c1c[nH]c2ccc(O)cc12. The van der Waals surface area contributed by atoms with Gasteiger partial charge in [-0.1, -0.05) is 28.1 Å². The van der Waals surface area contributed by atoms with Gasteiger partial charge in [0.1, 0.15) is 5.75 Å². The number of aliphatic hydroxyl groups is 1. The number of hydrogen-bond donors (Lipinski definition) is 3. The lowest BCUT2D eigenvalue weighted by Gasteiger charge is -2.38. The summed E-state index contributed by atoms with van der Waals surface area (Å²) >= 11 is 3.42. The Kier molecular flexibility index (Phi) is 4.80. The highest BCUT2D eigenvalue weighted by molar-refractivity contribution is 9.10. The van der Waals surface area contributed by atoms with Crippen LogP contribution in [0, 0.1) is 0 Å². The summed E-state index contributed by atoms with van der Waals surface area (Å²) in [4.78, 5) is 17.9. The van der Waals surface area contributed by atoms with Gasteiger partial charge in [0, 0.05) is 40.2 Å². The topological polar surface area (TPSA) is 76.6 Å². The number of nitrogens with zero attached hydrogens (tertiary/aromatic N) is 1. The van der Waals surface area contributed by atoms with Gasteiger partial charge in [-0.05, 0) is 48.7 Å². The first-order chi connectivity index (χ1) is 12.9. The second kappa shape index (κ2) is 7.11. The van der Waals surface area contributed by atoms with Crippen LogP contribution in [0.15, 0.2) is 53.1 Å². The summed E-state index contributed by atoms with van der Waals surface area (Å²) < 4.78 is 0.989. The van der Waals surface area contributed by atoms with Crippen LogP contribution in [0.1, 0.15) is 28.8 Å². The first kappa shape index (κ1) is 18.2. The van der Waals surface area contributed by atoms with E-state index in [9.17, 15) is 15.0 Å². The zero-order valence-corrected chi connectivity index (χ0v) is 16.4. The number of aromatic nitrogens is 1. The molecule has 1 saturated heterocycles. The number of carbonyl (C=O) groups excluding carboxylic acids is 1. The summed E-state index contributed by atoms with van der Waals surface area (Å²) in [7, 11) is 0. The zero-order valence-electron chi connectivity index (χ0n) is 14.8. The number of aromatic hydroxyl groups is 1. The molecule has 0 aliphatic carbocycles. The van der Waals surface area contributed by atoms with Crippen LogP contribution in [-0.2, 0) is 5.60 Å². The number of likely N-dealkylation sites (tertiary alicyclic amines) is 1. The fourth-order valence-corrected chi connectivity index (χ4v) is 4.02. The Morgan fingerprint density at radius 1 is 1.15 bits per heavy atom. The monoisotopic (exact) mass is 428 g/mol. The van der Waals surface area contributed by atoms with E-state index in [-0.39, 0.29) is 11.5 Å². The molecule has 0 radical (unpaired) electrons. The molecule has 0 unspecified atom stereocenters. The summed E-state index contributed by atoms with van der Waals surface area (Å²) in [6.45, 7) is 1.62. The van der Waals surface area contributed by atoms with Gasteiger partial charge in [0.2, 0.25) is 0 Å². The molecule has 27 heavy (non-hydrogen) atoms. The molecule has 0 spiro atoms. The summed E-state index contributed by atoms with van der Waals surface area (Å²) in [5.74, 6) is 0.162. The largest absolute Gasteiger partial charge is 0.508 e. The van der Waals surface area contributed by atoms with E-state index >= 15 is 0 Å². The maximum absolute atomic E-state index is 12.8. The molecule has 0 saturated carbocycles. The van der Waals surface area contributed by atoms with Gasteiger partial charge in [0.25, 0.3) is 0 Å². The quantitative estimate of drug-likeness (QED) is 0.552. The molecular formula is C21H21BrN2O3. The van der Waals surface area contributed by atoms with Crippen molar-refractivity contribution >= 4 is 32.6 Å². The van der Waals surface area contributed by atoms with Crippen LogP contribution in [0.25, 0.3) is 10.9 Å². The standard InChI is InChI=1S/C21H21BrN2O3/c22-15-3-1-14(2-4-15)21(27)7-9-24(10-8-21)13-20(26)18-12-23-19-6-5-16(25)11-17(18)19/h1-6,11-12,23,25,27H,7-10,13H2. The Hall–Kier alpha value is -2.15. The van der Waals surface area contributed by atoms with Crippen molar-refractivity contribution < 1.29 is 15.0 Å². The first-order valence-corrected chi connectivity index (χ1v) is 9.78. The van der Waals surface area contributed by atoms with Gasteiger partial charge in [0.05, 0.1) is 12.1 Å². The molecule has 0 amide bonds. The summed E-state index contributed by atoms with van der Waals surface area (Å²) in [6, 6.07) is 12.8.